The van der Waals surface area contributed by atoms with Crippen LogP contribution in [-0.2, 0) is 32.4 Å². The lowest BCUT2D eigenvalue weighted by Gasteiger charge is -2.04. The summed E-state index contributed by atoms with van der Waals surface area (Å²) in [4.78, 5) is 33.6. The van der Waals surface area contributed by atoms with Crippen molar-refractivity contribution < 1.29 is 28.7 Å². The molecule has 0 unspecified atom stereocenters. The van der Waals surface area contributed by atoms with Crippen molar-refractivity contribution in [2.45, 2.75) is 13.2 Å². The maximum absolute atomic E-state index is 11.4. The van der Waals surface area contributed by atoms with E-state index in [0.29, 0.717) is 24.3 Å². The van der Waals surface area contributed by atoms with Crippen molar-refractivity contribution in [3.8, 4) is 0 Å². The zero-order chi connectivity index (χ0) is 24.2. The van der Waals surface area contributed by atoms with E-state index in [-0.39, 0.29) is 11.9 Å². The third-order valence-electron chi connectivity index (χ3n) is 4.67. The van der Waals surface area contributed by atoms with Crippen molar-refractivity contribution in [2.75, 3.05) is 14.2 Å². The second-order valence-electron chi connectivity index (χ2n) is 7.06. The molecule has 0 aliphatic heterocycles. The number of oxime groups is 2. The first-order valence-electron chi connectivity index (χ1n) is 10.3. The smallest absolute Gasteiger partial charge is 0.337 e. The van der Waals surface area contributed by atoms with Gasteiger partial charge in [-0.05, 0) is 52.6 Å². The first-order chi connectivity index (χ1) is 16.6. The average molecular weight is 460 g/mol. The van der Waals surface area contributed by atoms with E-state index >= 15 is 0 Å². The molecule has 34 heavy (non-hydrogen) atoms. The summed E-state index contributed by atoms with van der Waals surface area (Å²) in [7, 11) is 2.68. The quantitative estimate of drug-likeness (QED) is 0.253. The van der Waals surface area contributed by atoms with Crippen LogP contribution in [0.4, 0.5) is 0 Å². The molecular weight excluding hydrogens is 436 g/mol. The number of benzene rings is 3. The van der Waals surface area contributed by atoms with Crippen LogP contribution in [0.5, 0.6) is 0 Å². The van der Waals surface area contributed by atoms with Crippen LogP contribution in [0.3, 0.4) is 0 Å². The van der Waals surface area contributed by atoms with E-state index < -0.39 is 0 Å². The van der Waals surface area contributed by atoms with Gasteiger partial charge in [0.15, 0.2) is 0 Å². The minimum atomic E-state index is -0.386. The number of carbonyl (C=O) groups excluding carboxylic acids is 2. The van der Waals surface area contributed by atoms with Crippen LogP contribution in [0.2, 0.25) is 0 Å². The zero-order valence-corrected chi connectivity index (χ0v) is 18.8. The Kier molecular flexibility index (Phi) is 8.92. The molecule has 0 N–H and O–H groups in total. The number of ether oxygens (including phenoxy) is 2. The molecule has 0 radical (unpaired) electrons. The fourth-order valence-electron chi connectivity index (χ4n) is 2.88. The van der Waals surface area contributed by atoms with Crippen LogP contribution < -0.4 is 0 Å². The van der Waals surface area contributed by atoms with Gasteiger partial charge in [0, 0.05) is 0 Å². The summed E-state index contributed by atoms with van der Waals surface area (Å²) in [5, 5.41) is 7.94. The number of rotatable bonds is 10. The molecule has 3 aromatic rings. The Morgan fingerprint density at radius 1 is 0.676 bits per heavy atom. The number of hydrogen-bond acceptors (Lipinski definition) is 8. The van der Waals surface area contributed by atoms with Crippen molar-refractivity contribution in [3.63, 3.8) is 0 Å². The van der Waals surface area contributed by atoms with Gasteiger partial charge in [0.25, 0.3) is 0 Å². The maximum Gasteiger partial charge on any atom is 0.337 e. The first-order valence-corrected chi connectivity index (χ1v) is 10.3. The monoisotopic (exact) mass is 460 g/mol. The Bertz CT molecular complexity index is 1070. The van der Waals surface area contributed by atoms with Crippen LogP contribution in [0.25, 0.3) is 0 Å². The van der Waals surface area contributed by atoms with Gasteiger partial charge in [-0.2, -0.15) is 0 Å². The van der Waals surface area contributed by atoms with Gasteiger partial charge in [0.2, 0.25) is 0 Å². The number of esters is 2. The molecule has 0 aromatic heterocycles. The molecule has 0 aliphatic carbocycles. The van der Waals surface area contributed by atoms with E-state index in [1.165, 1.54) is 14.2 Å². The lowest BCUT2D eigenvalue weighted by molar-refractivity contribution is 0.0592. The largest absolute Gasteiger partial charge is 0.465 e. The van der Waals surface area contributed by atoms with Crippen LogP contribution in [-0.4, -0.2) is 38.6 Å². The molecule has 0 atom stereocenters. The van der Waals surface area contributed by atoms with Crippen LogP contribution in [0.1, 0.15) is 43.0 Å². The van der Waals surface area contributed by atoms with Gasteiger partial charge in [0.05, 0.1) is 37.8 Å². The Hall–Kier alpha value is -4.46. The van der Waals surface area contributed by atoms with Gasteiger partial charge in [-0.15, -0.1) is 0 Å². The van der Waals surface area contributed by atoms with Crippen molar-refractivity contribution in [1.82, 2.24) is 0 Å². The highest BCUT2D eigenvalue weighted by Gasteiger charge is 2.04. The van der Waals surface area contributed by atoms with Crippen LogP contribution in [0.15, 0.2) is 83.1 Å². The summed E-state index contributed by atoms with van der Waals surface area (Å²) in [5.74, 6) is -0.771. The Labute approximate surface area is 197 Å². The molecule has 8 heteroatoms. The normalized spacial score (nSPS) is 10.9. The molecule has 3 aromatic carbocycles. The van der Waals surface area contributed by atoms with Gasteiger partial charge >= 0.3 is 11.9 Å². The van der Waals surface area contributed by atoms with Gasteiger partial charge in [-0.3, -0.25) is 0 Å². The van der Waals surface area contributed by atoms with E-state index in [1.807, 2.05) is 24.3 Å². The number of carbonyl (C=O) groups is 2. The molecule has 0 heterocycles. The van der Waals surface area contributed by atoms with Crippen molar-refractivity contribution >= 4 is 24.4 Å². The molecule has 0 amide bonds. The molecule has 0 aliphatic rings. The van der Waals surface area contributed by atoms with E-state index in [2.05, 4.69) is 19.8 Å². The van der Waals surface area contributed by atoms with Gasteiger partial charge in [0.1, 0.15) is 13.2 Å². The molecular formula is C26H24N2O6. The highest BCUT2D eigenvalue weighted by molar-refractivity contribution is 5.91. The predicted molar refractivity (Wildman–Crippen MR) is 127 cm³/mol. The average Bonchev–Trinajstić information content (AvgIpc) is 2.89. The minimum absolute atomic E-state index is 0.292. The second kappa shape index (κ2) is 12.5. The fourth-order valence-corrected chi connectivity index (χ4v) is 2.88. The Morgan fingerprint density at radius 2 is 1.09 bits per heavy atom. The molecule has 8 nitrogen and oxygen atoms in total. The summed E-state index contributed by atoms with van der Waals surface area (Å²) in [6, 6.07) is 21.4. The van der Waals surface area contributed by atoms with Crippen molar-refractivity contribution in [3.05, 3.63) is 106 Å². The van der Waals surface area contributed by atoms with Gasteiger partial charge in [-0.1, -0.05) is 52.8 Å². The third kappa shape index (κ3) is 7.30. The topological polar surface area (TPSA) is 95.8 Å². The summed E-state index contributed by atoms with van der Waals surface area (Å²) in [6.07, 6.45) is 3.14. The Morgan fingerprint density at radius 3 is 1.47 bits per heavy atom. The van der Waals surface area contributed by atoms with Crippen LogP contribution in [0, 0.1) is 0 Å². The number of hydrogen-bond donors (Lipinski definition) is 0. The van der Waals surface area contributed by atoms with E-state index in [0.717, 1.165) is 22.3 Å². The molecule has 0 bridgehead atoms. The predicted octanol–water partition coefficient (Wildman–Crippen LogP) is 4.36. The molecule has 174 valence electrons. The molecule has 3 rings (SSSR count). The highest BCUT2D eigenvalue weighted by Crippen LogP contribution is 2.10. The number of methoxy groups -OCH3 is 2. The minimum Gasteiger partial charge on any atom is -0.465 e. The SMILES string of the molecule is COC(=O)c1ccc(/C=N\OCc2cccc(CO/N=C\c3ccc(C(=O)OC)cc3)c2)cc1. The first kappa shape index (κ1) is 24.2. The number of nitrogens with zero attached hydrogens (tertiary/aromatic N) is 2. The fraction of sp³-hybridized carbons (Fsp3) is 0.154. The van der Waals surface area contributed by atoms with E-state index in [1.54, 1.807) is 61.0 Å². The zero-order valence-electron chi connectivity index (χ0n) is 18.8. The van der Waals surface area contributed by atoms with E-state index in [4.69, 9.17) is 9.68 Å². The standard InChI is InChI=1S/C26H24N2O6/c1-31-25(29)23-10-6-19(7-11-23)15-27-33-17-21-4-3-5-22(14-21)18-34-28-16-20-8-12-24(13-9-20)26(30)32-2/h3-16H,17-18H2,1-2H3/b27-15-,28-16-. The second-order valence-corrected chi connectivity index (χ2v) is 7.06. The van der Waals surface area contributed by atoms with Crippen molar-refractivity contribution in [1.29, 1.82) is 0 Å². The van der Waals surface area contributed by atoms with E-state index in [9.17, 15) is 9.59 Å². The summed E-state index contributed by atoms with van der Waals surface area (Å²) >= 11 is 0. The lowest BCUT2D eigenvalue weighted by Crippen LogP contribution is -2.00. The summed E-state index contributed by atoms with van der Waals surface area (Å²) in [5.41, 5.74) is 4.41. The maximum atomic E-state index is 11.4. The van der Waals surface area contributed by atoms with Gasteiger partial charge in [-0.25, -0.2) is 9.59 Å². The summed E-state index contributed by atoms with van der Waals surface area (Å²) in [6.45, 7) is 0.584. The molecule has 0 spiro atoms. The lowest BCUT2D eigenvalue weighted by atomic mass is 10.1. The van der Waals surface area contributed by atoms with Crippen molar-refractivity contribution in [2.24, 2.45) is 10.3 Å². The molecule has 0 fully saturated rings. The van der Waals surface area contributed by atoms with Gasteiger partial charge < -0.3 is 19.1 Å². The molecule has 0 saturated heterocycles. The third-order valence-corrected chi connectivity index (χ3v) is 4.67. The Balaban J connectivity index is 1.44. The summed E-state index contributed by atoms with van der Waals surface area (Å²) < 4.78 is 9.34. The van der Waals surface area contributed by atoms with Crippen LogP contribution >= 0.6 is 0 Å². The highest BCUT2D eigenvalue weighted by atomic mass is 16.6. The molecule has 0 saturated carbocycles.